The number of hydrogen-bond acceptors (Lipinski definition) is 6. The van der Waals surface area contributed by atoms with Crippen LogP contribution >= 0.6 is 0 Å². The lowest BCUT2D eigenvalue weighted by molar-refractivity contribution is -0.138. The van der Waals surface area contributed by atoms with Gasteiger partial charge in [0.1, 0.15) is 17.1 Å². The van der Waals surface area contributed by atoms with E-state index in [1.165, 1.54) is 25.2 Å². The third-order valence-electron chi connectivity index (χ3n) is 3.40. The second-order valence-corrected chi connectivity index (χ2v) is 5.00. The van der Waals surface area contributed by atoms with E-state index in [1.54, 1.807) is 26.0 Å². The maximum atomic E-state index is 12.2. The summed E-state index contributed by atoms with van der Waals surface area (Å²) in [6.07, 6.45) is 0. The lowest BCUT2D eigenvalue weighted by Gasteiger charge is -2.20. The zero-order valence-electron chi connectivity index (χ0n) is 15.0. The number of methoxy groups -OCH3 is 2. The minimum atomic E-state index is -0.693. The van der Waals surface area contributed by atoms with Crippen molar-refractivity contribution >= 4 is 17.8 Å². The fraction of sp³-hybridized carbons (Fsp3) is 0.471. The first-order chi connectivity index (χ1) is 12.0. The summed E-state index contributed by atoms with van der Waals surface area (Å²) in [4.78, 5) is 37.2. The summed E-state index contributed by atoms with van der Waals surface area (Å²) in [5.41, 5.74) is 0.183. The highest BCUT2D eigenvalue weighted by Gasteiger charge is 2.19. The molecule has 0 aromatic heterocycles. The van der Waals surface area contributed by atoms with Crippen molar-refractivity contribution in [1.29, 1.82) is 0 Å². The minimum Gasteiger partial charge on any atom is -0.497 e. The molecule has 0 radical (unpaired) electrons. The Morgan fingerprint density at radius 2 is 1.84 bits per heavy atom. The first-order valence-electron chi connectivity index (χ1n) is 7.90. The van der Waals surface area contributed by atoms with Gasteiger partial charge in [-0.15, -0.1) is 0 Å². The summed E-state index contributed by atoms with van der Waals surface area (Å²) in [6.45, 7) is 3.81. The van der Waals surface area contributed by atoms with Gasteiger partial charge >= 0.3 is 5.97 Å². The zero-order valence-corrected chi connectivity index (χ0v) is 15.0. The van der Waals surface area contributed by atoms with Gasteiger partial charge in [-0.3, -0.25) is 9.59 Å². The predicted octanol–water partition coefficient (Wildman–Crippen LogP) is 0.845. The number of esters is 1. The van der Waals surface area contributed by atoms with Gasteiger partial charge in [-0.2, -0.15) is 0 Å². The maximum Gasteiger partial charge on any atom is 0.342 e. The van der Waals surface area contributed by atoms with Gasteiger partial charge in [0.15, 0.2) is 6.61 Å². The highest BCUT2D eigenvalue weighted by molar-refractivity contribution is 5.94. The van der Waals surface area contributed by atoms with E-state index < -0.39 is 18.5 Å². The van der Waals surface area contributed by atoms with Gasteiger partial charge in [-0.05, 0) is 26.0 Å². The number of amides is 2. The zero-order chi connectivity index (χ0) is 18.8. The van der Waals surface area contributed by atoms with Crippen molar-refractivity contribution in [2.24, 2.45) is 0 Å². The first kappa shape index (κ1) is 20.3. The summed E-state index contributed by atoms with van der Waals surface area (Å²) in [5, 5.41) is 2.61. The Morgan fingerprint density at radius 3 is 2.40 bits per heavy atom. The smallest absolute Gasteiger partial charge is 0.342 e. The van der Waals surface area contributed by atoms with Gasteiger partial charge in [0, 0.05) is 19.2 Å². The van der Waals surface area contributed by atoms with Crippen LogP contribution in [0.4, 0.5) is 0 Å². The molecule has 0 fully saturated rings. The van der Waals surface area contributed by atoms with E-state index in [0.717, 1.165) is 0 Å². The Hall–Kier alpha value is -2.77. The molecule has 1 aromatic carbocycles. The topological polar surface area (TPSA) is 94.2 Å². The highest BCUT2D eigenvalue weighted by Crippen LogP contribution is 2.25. The molecule has 0 saturated heterocycles. The highest BCUT2D eigenvalue weighted by atomic mass is 16.5. The molecule has 0 aliphatic carbocycles. The minimum absolute atomic E-state index is 0.0768. The quantitative estimate of drug-likeness (QED) is 0.662. The summed E-state index contributed by atoms with van der Waals surface area (Å²) >= 11 is 0. The molecule has 1 N–H and O–H groups in total. The van der Waals surface area contributed by atoms with Crippen molar-refractivity contribution in [3.63, 3.8) is 0 Å². The van der Waals surface area contributed by atoms with Gasteiger partial charge in [-0.1, -0.05) is 0 Å². The van der Waals surface area contributed by atoms with Crippen LogP contribution in [0.3, 0.4) is 0 Å². The number of hydrogen-bond donors (Lipinski definition) is 1. The standard InChI is InChI=1S/C17H24N2O6/c1-5-18-15(20)10-19(6-2)16(21)11-25-17(22)13-8-7-12(23-3)9-14(13)24-4/h7-9H,5-6,10-11H2,1-4H3,(H,18,20). The van der Waals surface area contributed by atoms with Crippen LogP contribution in [0.25, 0.3) is 0 Å². The van der Waals surface area contributed by atoms with E-state index in [2.05, 4.69) is 5.32 Å². The molecular formula is C17H24N2O6. The number of likely N-dealkylation sites (N-methyl/N-ethyl adjacent to an activating group) is 2. The monoisotopic (exact) mass is 352 g/mol. The molecular weight excluding hydrogens is 328 g/mol. The van der Waals surface area contributed by atoms with Crippen molar-refractivity contribution < 1.29 is 28.6 Å². The molecule has 2 amide bonds. The number of benzene rings is 1. The van der Waals surface area contributed by atoms with Crippen LogP contribution in [0.2, 0.25) is 0 Å². The Bertz CT molecular complexity index is 617. The second-order valence-electron chi connectivity index (χ2n) is 5.00. The van der Waals surface area contributed by atoms with Gasteiger partial charge in [0.05, 0.1) is 20.8 Å². The van der Waals surface area contributed by atoms with Crippen LogP contribution in [0, 0.1) is 0 Å². The molecule has 0 saturated carbocycles. The Morgan fingerprint density at radius 1 is 1.12 bits per heavy atom. The molecule has 0 aliphatic rings. The number of carbonyl (C=O) groups is 3. The van der Waals surface area contributed by atoms with Gasteiger partial charge in [0.2, 0.25) is 5.91 Å². The molecule has 0 spiro atoms. The van der Waals surface area contributed by atoms with E-state index in [9.17, 15) is 14.4 Å². The van der Waals surface area contributed by atoms with Crippen molar-refractivity contribution in [2.45, 2.75) is 13.8 Å². The fourth-order valence-corrected chi connectivity index (χ4v) is 2.07. The number of carbonyl (C=O) groups excluding carboxylic acids is 3. The fourth-order valence-electron chi connectivity index (χ4n) is 2.07. The van der Waals surface area contributed by atoms with E-state index >= 15 is 0 Å². The van der Waals surface area contributed by atoms with Crippen LogP contribution in [0.5, 0.6) is 11.5 Å². The molecule has 0 aliphatic heterocycles. The molecule has 1 rings (SSSR count). The van der Waals surface area contributed by atoms with E-state index in [-0.39, 0.29) is 23.8 Å². The lowest BCUT2D eigenvalue weighted by Crippen LogP contribution is -2.42. The van der Waals surface area contributed by atoms with Crippen molar-refractivity contribution in [1.82, 2.24) is 10.2 Å². The molecule has 25 heavy (non-hydrogen) atoms. The molecule has 0 heterocycles. The number of nitrogens with zero attached hydrogens (tertiary/aromatic N) is 1. The summed E-state index contributed by atoms with van der Waals surface area (Å²) < 4.78 is 15.2. The van der Waals surface area contributed by atoms with Crippen molar-refractivity contribution in [3.05, 3.63) is 23.8 Å². The predicted molar refractivity (Wildman–Crippen MR) is 90.8 cm³/mol. The average molecular weight is 352 g/mol. The van der Waals surface area contributed by atoms with Crippen LogP contribution < -0.4 is 14.8 Å². The Labute approximate surface area is 147 Å². The molecule has 1 aromatic rings. The third-order valence-corrected chi connectivity index (χ3v) is 3.40. The molecule has 0 atom stereocenters. The van der Waals surface area contributed by atoms with Gasteiger partial charge in [-0.25, -0.2) is 4.79 Å². The van der Waals surface area contributed by atoms with Crippen molar-refractivity contribution in [3.8, 4) is 11.5 Å². The van der Waals surface area contributed by atoms with Gasteiger partial charge in [0.25, 0.3) is 5.91 Å². The van der Waals surface area contributed by atoms with Crippen LogP contribution in [-0.2, 0) is 14.3 Å². The summed E-state index contributed by atoms with van der Waals surface area (Å²) in [7, 11) is 2.92. The summed E-state index contributed by atoms with van der Waals surface area (Å²) in [6, 6.07) is 4.64. The number of nitrogens with one attached hydrogen (secondary N) is 1. The molecule has 0 bridgehead atoms. The third kappa shape index (κ3) is 5.98. The van der Waals surface area contributed by atoms with Crippen LogP contribution in [-0.4, -0.2) is 63.1 Å². The Balaban J connectivity index is 2.68. The number of rotatable bonds is 9. The number of ether oxygens (including phenoxy) is 3. The molecule has 0 unspecified atom stereocenters. The first-order valence-corrected chi connectivity index (χ1v) is 7.90. The normalized spacial score (nSPS) is 9.92. The van der Waals surface area contributed by atoms with E-state index in [1.807, 2.05) is 0 Å². The van der Waals surface area contributed by atoms with Crippen molar-refractivity contribution in [2.75, 3.05) is 40.5 Å². The van der Waals surface area contributed by atoms with Gasteiger partial charge < -0.3 is 24.4 Å². The SMILES string of the molecule is CCNC(=O)CN(CC)C(=O)COC(=O)c1ccc(OC)cc1OC. The summed E-state index contributed by atoms with van der Waals surface area (Å²) in [5.74, 6) is -0.590. The van der Waals surface area contributed by atoms with Crippen LogP contribution in [0.15, 0.2) is 18.2 Å². The Kier molecular flexibility index (Phi) is 8.25. The lowest BCUT2D eigenvalue weighted by atomic mass is 10.2. The van der Waals surface area contributed by atoms with E-state index in [0.29, 0.717) is 18.8 Å². The largest absolute Gasteiger partial charge is 0.497 e. The molecule has 138 valence electrons. The van der Waals surface area contributed by atoms with Crippen LogP contribution in [0.1, 0.15) is 24.2 Å². The molecule has 8 heteroatoms. The maximum absolute atomic E-state index is 12.2. The van der Waals surface area contributed by atoms with E-state index in [4.69, 9.17) is 14.2 Å². The average Bonchev–Trinajstić information content (AvgIpc) is 2.63. The molecule has 8 nitrogen and oxygen atoms in total. The second kappa shape index (κ2) is 10.2.